The van der Waals surface area contributed by atoms with Crippen LogP contribution in [-0.4, -0.2) is 23.2 Å². The van der Waals surface area contributed by atoms with E-state index >= 15 is 0 Å². The molecule has 25 heavy (non-hydrogen) atoms. The van der Waals surface area contributed by atoms with Crippen molar-refractivity contribution < 1.29 is 9.63 Å². The van der Waals surface area contributed by atoms with Gasteiger partial charge in [0.05, 0.1) is 21.2 Å². The number of amides is 1. The first-order valence-corrected chi connectivity index (χ1v) is 10.3. The Labute approximate surface area is 156 Å². The van der Waals surface area contributed by atoms with Crippen LogP contribution >= 0.6 is 22.7 Å². The Kier molecular flexibility index (Phi) is 5.86. The number of carbonyl (C=O) groups excluding carboxylic acids is 1. The molecule has 2 aromatic rings. The second-order valence-corrected chi connectivity index (χ2v) is 8.53. The third-order valence-corrected chi connectivity index (χ3v) is 5.93. The van der Waals surface area contributed by atoms with E-state index in [-0.39, 0.29) is 5.91 Å². The van der Waals surface area contributed by atoms with Crippen LogP contribution < -0.4 is 5.32 Å². The van der Waals surface area contributed by atoms with Crippen molar-refractivity contribution in [3.05, 3.63) is 33.0 Å². The van der Waals surface area contributed by atoms with Crippen LogP contribution in [-0.2, 0) is 11.3 Å². The van der Waals surface area contributed by atoms with Gasteiger partial charge < -0.3 is 4.84 Å². The zero-order valence-electron chi connectivity index (χ0n) is 14.7. The molecule has 7 heteroatoms. The van der Waals surface area contributed by atoms with Gasteiger partial charge in [0.25, 0.3) is 5.91 Å². The minimum Gasteiger partial charge on any atom is -0.396 e. The van der Waals surface area contributed by atoms with Crippen LogP contribution in [0.15, 0.2) is 22.7 Å². The lowest BCUT2D eigenvalue weighted by Crippen LogP contribution is -2.21. The van der Waals surface area contributed by atoms with E-state index in [2.05, 4.69) is 29.3 Å². The zero-order valence-corrected chi connectivity index (χ0v) is 16.4. The van der Waals surface area contributed by atoms with Crippen molar-refractivity contribution in [1.82, 2.24) is 4.98 Å². The molecule has 1 atom stereocenters. The summed E-state index contributed by atoms with van der Waals surface area (Å²) in [4.78, 5) is 24.0. The van der Waals surface area contributed by atoms with Gasteiger partial charge in [0, 0.05) is 0 Å². The molecule has 0 saturated heterocycles. The Balaban J connectivity index is 1.82. The van der Waals surface area contributed by atoms with Gasteiger partial charge in [0.1, 0.15) is 6.61 Å². The summed E-state index contributed by atoms with van der Waals surface area (Å²) in [6.45, 7) is 6.96. The summed E-state index contributed by atoms with van der Waals surface area (Å²) in [6, 6.07) is 3.68. The van der Waals surface area contributed by atoms with Crippen LogP contribution in [0, 0.1) is 11.8 Å². The van der Waals surface area contributed by atoms with E-state index in [4.69, 9.17) is 4.84 Å². The molecule has 0 radical (unpaired) electrons. The van der Waals surface area contributed by atoms with E-state index in [1.54, 1.807) is 0 Å². The number of anilines is 1. The van der Waals surface area contributed by atoms with Crippen molar-refractivity contribution >= 4 is 39.4 Å². The van der Waals surface area contributed by atoms with Gasteiger partial charge in [-0.1, -0.05) is 36.4 Å². The molecule has 1 unspecified atom stereocenters. The Morgan fingerprint density at radius 3 is 3.00 bits per heavy atom. The van der Waals surface area contributed by atoms with Crippen molar-refractivity contribution in [2.75, 3.05) is 11.9 Å². The van der Waals surface area contributed by atoms with Crippen LogP contribution in [0.5, 0.6) is 0 Å². The molecule has 0 saturated carbocycles. The normalized spacial score (nSPS) is 18.4. The van der Waals surface area contributed by atoms with Gasteiger partial charge in [-0.05, 0) is 49.5 Å². The second-order valence-electron chi connectivity index (χ2n) is 6.59. The van der Waals surface area contributed by atoms with Gasteiger partial charge >= 0.3 is 0 Å². The summed E-state index contributed by atoms with van der Waals surface area (Å²) >= 11 is 2.92. The molecular weight excluding hydrogens is 354 g/mol. The molecular formula is C18H23N3O2S2. The first-order chi connectivity index (χ1) is 12.1. The number of nitrogens with zero attached hydrogens (tertiary/aromatic N) is 2. The first-order valence-electron chi connectivity index (χ1n) is 8.60. The van der Waals surface area contributed by atoms with Crippen molar-refractivity contribution in [2.45, 2.75) is 40.0 Å². The molecule has 0 bridgehead atoms. The number of fused-ring (bicyclic) bond motifs is 1. The van der Waals surface area contributed by atoms with Crippen molar-refractivity contribution in [1.29, 1.82) is 0 Å². The molecule has 2 heterocycles. The van der Waals surface area contributed by atoms with Gasteiger partial charge in [-0.2, -0.15) is 0 Å². The second kappa shape index (κ2) is 8.10. The molecule has 1 amide bonds. The monoisotopic (exact) mass is 377 g/mol. The van der Waals surface area contributed by atoms with Gasteiger partial charge in [0.15, 0.2) is 5.13 Å². The fourth-order valence-electron chi connectivity index (χ4n) is 3.10. The third kappa shape index (κ3) is 4.46. The topological polar surface area (TPSA) is 63.6 Å². The molecule has 1 aliphatic carbocycles. The number of thiophene rings is 1. The summed E-state index contributed by atoms with van der Waals surface area (Å²) in [7, 11) is 0. The maximum atomic E-state index is 12.3. The average Bonchev–Trinajstić information content (AvgIpc) is 3.21. The SMILES string of the molecule is CCO/N=C1/CC(CC(C)C)Cc2nc(NC(=O)c3cccs3)sc21. The van der Waals surface area contributed by atoms with E-state index in [9.17, 15) is 4.79 Å². The van der Waals surface area contributed by atoms with Crippen LogP contribution in [0.3, 0.4) is 0 Å². The number of rotatable bonds is 6. The highest BCUT2D eigenvalue weighted by Gasteiger charge is 2.29. The van der Waals surface area contributed by atoms with Gasteiger partial charge in [-0.25, -0.2) is 4.98 Å². The Morgan fingerprint density at radius 1 is 1.48 bits per heavy atom. The molecule has 1 aliphatic rings. The maximum absolute atomic E-state index is 12.3. The largest absolute Gasteiger partial charge is 0.396 e. The minimum absolute atomic E-state index is 0.108. The van der Waals surface area contributed by atoms with E-state index in [0.717, 1.165) is 35.5 Å². The van der Waals surface area contributed by atoms with Crippen LogP contribution in [0.25, 0.3) is 0 Å². The van der Waals surface area contributed by atoms with Crippen molar-refractivity contribution in [2.24, 2.45) is 17.0 Å². The molecule has 5 nitrogen and oxygen atoms in total. The number of oxime groups is 1. The lowest BCUT2D eigenvalue weighted by Gasteiger charge is -2.23. The molecule has 2 aromatic heterocycles. The predicted octanol–water partition coefficient (Wildman–Crippen LogP) is 4.81. The van der Waals surface area contributed by atoms with E-state index in [1.807, 2.05) is 24.4 Å². The number of nitrogens with one attached hydrogen (secondary N) is 1. The van der Waals surface area contributed by atoms with Crippen LogP contribution in [0.2, 0.25) is 0 Å². The Bertz CT molecular complexity index is 750. The summed E-state index contributed by atoms with van der Waals surface area (Å²) in [6.07, 6.45) is 2.98. The highest BCUT2D eigenvalue weighted by molar-refractivity contribution is 7.18. The predicted molar refractivity (Wildman–Crippen MR) is 104 cm³/mol. The summed E-state index contributed by atoms with van der Waals surface area (Å²) in [5.74, 6) is 1.05. The fraction of sp³-hybridized carbons (Fsp3) is 0.500. The number of thiazole rings is 1. The molecule has 0 aliphatic heterocycles. The minimum atomic E-state index is -0.108. The third-order valence-electron chi connectivity index (χ3n) is 4.00. The Hall–Kier alpha value is -1.73. The van der Waals surface area contributed by atoms with Crippen LogP contribution in [0.1, 0.15) is 53.9 Å². The number of carbonyl (C=O) groups is 1. The van der Waals surface area contributed by atoms with Gasteiger partial charge in [-0.15, -0.1) is 11.3 Å². The summed E-state index contributed by atoms with van der Waals surface area (Å²) in [5, 5.41) is 9.77. The smallest absolute Gasteiger partial charge is 0.267 e. The molecule has 1 N–H and O–H groups in total. The van der Waals surface area contributed by atoms with E-state index in [0.29, 0.717) is 28.5 Å². The zero-order chi connectivity index (χ0) is 17.8. The maximum Gasteiger partial charge on any atom is 0.267 e. The highest BCUT2D eigenvalue weighted by Crippen LogP contribution is 2.35. The standard InChI is InChI=1S/C18H23N3O2S2/c1-4-23-21-14-10-12(8-11(2)3)9-13-16(14)25-18(19-13)20-17(22)15-6-5-7-24-15/h5-7,11-12H,4,8-10H2,1-3H3,(H,19,20,22)/b21-14-. The lowest BCUT2D eigenvalue weighted by atomic mass is 9.84. The van der Waals surface area contributed by atoms with Gasteiger partial charge in [0.2, 0.25) is 0 Å². The van der Waals surface area contributed by atoms with Gasteiger partial charge in [-0.3, -0.25) is 10.1 Å². The highest BCUT2D eigenvalue weighted by atomic mass is 32.1. The molecule has 134 valence electrons. The van der Waals surface area contributed by atoms with Crippen molar-refractivity contribution in [3.63, 3.8) is 0 Å². The molecule has 3 rings (SSSR count). The number of aromatic nitrogens is 1. The Morgan fingerprint density at radius 2 is 2.32 bits per heavy atom. The molecule has 0 spiro atoms. The molecule has 0 fully saturated rings. The molecule has 0 aromatic carbocycles. The number of hydrogen-bond acceptors (Lipinski definition) is 6. The summed E-state index contributed by atoms with van der Waals surface area (Å²) in [5.41, 5.74) is 1.99. The summed E-state index contributed by atoms with van der Waals surface area (Å²) < 4.78 is 0. The number of hydrogen-bond donors (Lipinski definition) is 1. The van der Waals surface area contributed by atoms with Crippen LogP contribution in [0.4, 0.5) is 5.13 Å². The quantitative estimate of drug-likeness (QED) is 0.735. The fourth-order valence-corrected chi connectivity index (χ4v) is 4.70. The lowest BCUT2D eigenvalue weighted by molar-refractivity contribution is 0.103. The average molecular weight is 378 g/mol. The van der Waals surface area contributed by atoms with E-state index < -0.39 is 0 Å². The van der Waals surface area contributed by atoms with Crippen molar-refractivity contribution in [3.8, 4) is 0 Å². The van der Waals surface area contributed by atoms with E-state index in [1.165, 1.54) is 22.7 Å². The first kappa shape index (κ1) is 18.1.